The van der Waals surface area contributed by atoms with Crippen LogP contribution in [0.2, 0.25) is 0 Å². The summed E-state index contributed by atoms with van der Waals surface area (Å²) in [7, 11) is 1.62. The van der Waals surface area contributed by atoms with Gasteiger partial charge in [-0.05, 0) is 40.8 Å². The molecule has 0 bridgehead atoms. The summed E-state index contributed by atoms with van der Waals surface area (Å²) in [4.78, 5) is 28.2. The van der Waals surface area contributed by atoms with Crippen LogP contribution >= 0.6 is 0 Å². The molecule has 9 nitrogen and oxygen atoms in total. The van der Waals surface area contributed by atoms with Gasteiger partial charge in [-0.15, -0.1) is 5.10 Å². The summed E-state index contributed by atoms with van der Waals surface area (Å²) in [5.74, 6) is 2.10. The largest absolute Gasteiger partial charge is 0.497 e. The van der Waals surface area contributed by atoms with Crippen molar-refractivity contribution in [1.82, 2.24) is 19.6 Å². The van der Waals surface area contributed by atoms with Crippen molar-refractivity contribution in [3.8, 4) is 11.6 Å². The second kappa shape index (κ2) is 9.41. The second-order valence-electron chi connectivity index (χ2n) is 10.3. The number of rotatable bonds is 6. The third-order valence-corrected chi connectivity index (χ3v) is 6.83. The lowest BCUT2D eigenvalue weighted by Crippen LogP contribution is -2.33. The Morgan fingerprint density at radius 1 is 1.13 bits per heavy atom. The SMILES string of the molecule is COc1ccc(/C=N\OCc2nc3c4c(ncn3n2)OC2=C(C(=O)CC(C)(C)C2)[C@@H]4c2ccccc2)cc1. The van der Waals surface area contributed by atoms with Gasteiger partial charge in [0.2, 0.25) is 5.88 Å². The number of nitrogens with zero attached hydrogens (tertiary/aromatic N) is 5. The molecule has 1 aliphatic carbocycles. The molecule has 0 fully saturated rings. The number of hydrogen-bond acceptors (Lipinski definition) is 8. The Balaban J connectivity index is 1.33. The molecule has 6 rings (SSSR count). The fourth-order valence-corrected chi connectivity index (χ4v) is 5.11. The minimum Gasteiger partial charge on any atom is -0.497 e. The Morgan fingerprint density at radius 2 is 1.92 bits per heavy atom. The lowest BCUT2D eigenvalue weighted by molar-refractivity contribution is -0.118. The van der Waals surface area contributed by atoms with Crippen molar-refractivity contribution in [2.75, 3.05) is 7.11 Å². The third-order valence-electron chi connectivity index (χ3n) is 6.83. The molecule has 2 aliphatic rings. The van der Waals surface area contributed by atoms with Gasteiger partial charge in [-0.1, -0.05) is 49.3 Å². The summed E-state index contributed by atoms with van der Waals surface area (Å²) < 4.78 is 13.1. The van der Waals surface area contributed by atoms with Crippen molar-refractivity contribution in [2.45, 2.75) is 39.2 Å². The molecular formula is C29H27N5O4. The van der Waals surface area contributed by atoms with Gasteiger partial charge in [0, 0.05) is 24.3 Å². The number of fused-ring (bicyclic) bond motifs is 3. The van der Waals surface area contributed by atoms with Gasteiger partial charge in [0.1, 0.15) is 17.8 Å². The number of ether oxygens (including phenoxy) is 2. The number of aromatic nitrogens is 4. The van der Waals surface area contributed by atoms with Crippen molar-refractivity contribution < 1.29 is 19.1 Å². The van der Waals surface area contributed by atoms with Crippen molar-refractivity contribution in [2.24, 2.45) is 10.6 Å². The van der Waals surface area contributed by atoms with Gasteiger partial charge in [0.25, 0.3) is 0 Å². The van der Waals surface area contributed by atoms with Crippen molar-refractivity contribution in [1.29, 1.82) is 0 Å². The summed E-state index contributed by atoms with van der Waals surface area (Å²) in [6.45, 7) is 4.24. The van der Waals surface area contributed by atoms with Gasteiger partial charge in [-0.25, -0.2) is 14.5 Å². The maximum atomic E-state index is 13.5. The summed E-state index contributed by atoms with van der Waals surface area (Å²) >= 11 is 0. The van der Waals surface area contributed by atoms with Gasteiger partial charge in [-0.2, -0.15) is 0 Å². The molecule has 0 radical (unpaired) electrons. The topological polar surface area (TPSA) is 100 Å². The minimum absolute atomic E-state index is 0.0705. The molecule has 1 atom stereocenters. The molecule has 0 unspecified atom stereocenters. The Hall–Kier alpha value is -4.53. The molecule has 2 aromatic carbocycles. The van der Waals surface area contributed by atoms with Crippen molar-refractivity contribution in [3.05, 3.63) is 94.8 Å². The van der Waals surface area contributed by atoms with Crippen LogP contribution in [-0.2, 0) is 16.2 Å². The molecule has 192 valence electrons. The summed E-state index contributed by atoms with van der Waals surface area (Å²) in [6, 6.07) is 17.4. The third kappa shape index (κ3) is 4.40. The highest BCUT2D eigenvalue weighted by atomic mass is 16.6. The zero-order valence-corrected chi connectivity index (χ0v) is 21.4. The Morgan fingerprint density at radius 3 is 2.68 bits per heavy atom. The highest BCUT2D eigenvalue weighted by Gasteiger charge is 2.43. The van der Waals surface area contributed by atoms with Crippen LogP contribution in [0.25, 0.3) is 5.65 Å². The van der Waals surface area contributed by atoms with Gasteiger partial charge < -0.3 is 14.3 Å². The number of oxime groups is 1. The zero-order valence-electron chi connectivity index (χ0n) is 21.4. The maximum absolute atomic E-state index is 13.5. The smallest absolute Gasteiger partial charge is 0.228 e. The Bertz CT molecular complexity index is 1570. The molecule has 0 saturated carbocycles. The fourth-order valence-electron chi connectivity index (χ4n) is 5.11. The van der Waals surface area contributed by atoms with E-state index >= 15 is 0 Å². The predicted molar refractivity (Wildman–Crippen MR) is 140 cm³/mol. The molecule has 9 heteroatoms. The Kier molecular flexibility index (Phi) is 5.90. The first-order chi connectivity index (χ1) is 18.4. The van der Waals surface area contributed by atoms with E-state index in [1.807, 2.05) is 54.6 Å². The summed E-state index contributed by atoms with van der Waals surface area (Å²) in [5, 5.41) is 8.58. The molecule has 0 saturated heterocycles. The number of hydrogen-bond donors (Lipinski definition) is 0. The summed E-state index contributed by atoms with van der Waals surface area (Å²) in [5.41, 5.74) is 3.67. The molecule has 2 aromatic heterocycles. The van der Waals surface area contributed by atoms with Gasteiger partial charge in [-0.3, -0.25) is 4.79 Å². The quantitative estimate of drug-likeness (QED) is 0.271. The van der Waals surface area contributed by atoms with E-state index in [4.69, 9.17) is 19.3 Å². The lowest BCUT2D eigenvalue weighted by atomic mass is 9.70. The van der Waals surface area contributed by atoms with Gasteiger partial charge in [0.15, 0.2) is 23.9 Å². The number of allylic oxidation sites excluding steroid dienone is 2. The Labute approximate surface area is 219 Å². The average Bonchev–Trinajstić information content (AvgIpc) is 3.33. The standard InChI is InChI=1S/C29H27N5O4/c1-29(2)13-21(35)25-22(14-29)38-28-26(24(25)19-7-5-4-6-8-19)27-32-23(33-34(27)17-30-28)16-37-31-15-18-9-11-20(36-3)12-10-18/h4-12,15,17,24H,13-14,16H2,1-3H3/b31-15-/t24-/m0/s1. The molecule has 0 N–H and O–H groups in total. The number of Topliss-reactive ketones (excluding diaryl/α,β-unsaturated/α-hetero) is 1. The van der Waals surface area contributed by atoms with E-state index in [1.165, 1.54) is 0 Å². The number of carbonyl (C=O) groups is 1. The van der Waals surface area contributed by atoms with E-state index in [-0.39, 0.29) is 23.7 Å². The highest BCUT2D eigenvalue weighted by molar-refractivity contribution is 6.00. The van der Waals surface area contributed by atoms with E-state index in [1.54, 1.807) is 24.2 Å². The lowest BCUT2D eigenvalue weighted by Gasteiger charge is -2.37. The van der Waals surface area contributed by atoms with Crippen molar-refractivity contribution >= 4 is 17.6 Å². The van der Waals surface area contributed by atoms with Gasteiger partial charge in [0.05, 0.1) is 18.9 Å². The van der Waals surface area contributed by atoms with Crippen LogP contribution in [0.1, 0.15) is 55.1 Å². The van der Waals surface area contributed by atoms with Crippen LogP contribution in [0.3, 0.4) is 0 Å². The second-order valence-corrected chi connectivity index (χ2v) is 10.3. The molecule has 3 heterocycles. The van der Waals surface area contributed by atoms with E-state index in [9.17, 15) is 4.79 Å². The molecule has 0 amide bonds. The number of ketones is 1. The number of carbonyl (C=O) groups excluding carboxylic acids is 1. The molecular weight excluding hydrogens is 482 g/mol. The van der Waals surface area contributed by atoms with Crippen molar-refractivity contribution in [3.63, 3.8) is 0 Å². The van der Waals surface area contributed by atoms with Gasteiger partial charge >= 0.3 is 0 Å². The fraction of sp³-hybridized carbons (Fsp3) is 0.276. The highest BCUT2D eigenvalue weighted by Crippen LogP contribution is 2.50. The molecule has 1 aliphatic heterocycles. The first-order valence-electron chi connectivity index (χ1n) is 12.4. The maximum Gasteiger partial charge on any atom is 0.228 e. The molecule has 4 aromatic rings. The van der Waals surface area contributed by atoms with Crippen LogP contribution in [-0.4, -0.2) is 38.7 Å². The predicted octanol–water partition coefficient (Wildman–Crippen LogP) is 4.85. The minimum atomic E-state index is -0.346. The zero-order chi connectivity index (χ0) is 26.3. The first-order valence-corrected chi connectivity index (χ1v) is 12.4. The number of benzene rings is 2. The van der Waals surface area contributed by atoms with E-state index in [0.717, 1.165) is 22.4 Å². The van der Waals surface area contributed by atoms with Crippen LogP contribution in [0.4, 0.5) is 0 Å². The monoisotopic (exact) mass is 509 g/mol. The average molecular weight is 510 g/mol. The summed E-state index contributed by atoms with van der Waals surface area (Å²) in [6.07, 6.45) is 4.32. The van der Waals surface area contributed by atoms with Crippen LogP contribution in [0, 0.1) is 5.41 Å². The van der Waals surface area contributed by atoms with E-state index < -0.39 is 0 Å². The number of methoxy groups -OCH3 is 1. The first kappa shape index (κ1) is 23.8. The molecule has 38 heavy (non-hydrogen) atoms. The molecule has 0 spiro atoms. The van der Waals surface area contributed by atoms with Crippen LogP contribution in [0.5, 0.6) is 11.6 Å². The normalized spacial score (nSPS) is 18.3. The van der Waals surface area contributed by atoms with Crippen LogP contribution in [0.15, 0.2) is 77.4 Å². The van der Waals surface area contributed by atoms with Crippen LogP contribution < -0.4 is 9.47 Å². The van der Waals surface area contributed by atoms with E-state index in [2.05, 4.69) is 29.1 Å². The van der Waals surface area contributed by atoms with E-state index in [0.29, 0.717) is 41.5 Å².